The third-order valence-corrected chi connectivity index (χ3v) is 5.64. The Hall–Kier alpha value is -3.64. The molecule has 0 atom stereocenters. The number of rotatable bonds is 4. The predicted molar refractivity (Wildman–Crippen MR) is 126 cm³/mol. The Morgan fingerprint density at radius 1 is 0.968 bits per heavy atom. The zero-order valence-electron chi connectivity index (χ0n) is 16.6. The van der Waals surface area contributed by atoms with Crippen molar-refractivity contribution >= 4 is 38.6 Å². The number of fused-ring (bicyclic) bond motifs is 1. The van der Waals surface area contributed by atoms with Crippen LogP contribution >= 0.6 is 15.9 Å². The number of furan rings is 1. The van der Waals surface area contributed by atoms with E-state index < -0.39 is 0 Å². The van der Waals surface area contributed by atoms with Crippen LogP contribution in [0, 0.1) is 6.92 Å². The van der Waals surface area contributed by atoms with Crippen molar-refractivity contribution in [1.82, 2.24) is 9.97 Å². The van der Waals surface area contributed by atoms with Crippen molar-refractivity contribution in [3.8, 4) is 22.7 Å². The lowest BCUT2D eigenvalue weighted by atomic mass is 10.1. The molecular formula is C25H18BrN3O2. The monoisotopic (exact) mass is 471 g/mol. The van der Waals surface area contributed by atoms with E-state index in [9.17, 15) is 4.79 Å². The average Bonchev–Trinajstić information content (AvgIpc) is 3.43. The summed E-state index contributed by atoms with van der Waals surface area (Å²) >= 11 is 3.42. The van der Waals surface area contributed by atoms with E-state index in [0.29, 0.717) is 11.4 Å². The summed E-state index contributed by atoms with van der Waals surface area (Å²) in [6, 6.07) is 25.0. The first-order valence-electron chi connectivity index (χ1n) is 9.80. The summed E-state index contributed by atoms with van der Waals surface area (Å²) in [7, 11) is 0. The molecule has 2 heterocycles. The summed E-state index contributed by atoms with van der Waals surface area (Å²) in [6.45, 7) is 1.95. The van der Waals surface area contributed by atoms with Crippen molar-refractivity contribution in [1.29, 1.82) is 0 Å². The third-order valence-electron chi connectivity index (χ3n) is 5.11. The van der Waals surface area contributed by atoms with Gasteiger partial charge in [0.15, 0.2) is 5.76 Å². The van der Waals surface area contributed by atoms with E-state index in [1.807, 2.05) is 73.7 Å². The molecule has 152 valence electrons. The topological polar surface area (TPSA) is 70.9 Å². The predicted octanol–water partition coefficient (Wildman–Crippen LogP) is 6.81. The molecule has 0 saturated carbocycles. The van der Waals surface area contributed by atoms with E-state index in [0.717, 1.165) is 38.0 Å². The molecule has 1 amide bonds. The lowest BCUT2D eigenvalue weighted by molar-refractivity contribution is 0.0997. The maximum absolute atomic E-state index is 12.8. The van der Waals surface area contributed by atoms with Crippen LogP contribution in [-0.2, 0) is 0 Å². The van der Waals surface area contributed by atoms with Gasteiger partial charge in [-0.3, -0.25) is 4.79 Å². The number of imidazole rings is 1. The molecule has 5 rings (SSSR count). The quantitative estimate of drug-likeness (QED) is 0.302. The molecule has 6 heteroatoms. The van der Waals surface area contributed by atoms with Crippen molar-refractivity contribution in [3.63, 3.8) is 0 Å². The van der Waals surface area contributed by atoms with Crippen molar-refractivity contribution < 1.29 is 9.21 Å². The van der Waals surface area contributed by atoms with Gasteiger partial charge in [-0.15, -0.1) is 0 Å². The third kappa shape index (κ3) is 3.90. The number of aromatic nitrogens is 2. The minimum atomic E-state index is -0.298. The highest BCUT2D eigenvalue weighted by Gasteiger charge is 2.15. The fourth-order valence-corrected chi connectivity index (χ4v) is 3.67. The largest absolute Gasteiger partial charge is 0.451 e. The Balaban J connectivity index is 1.40. The molecule has 3 aromatic carbocycles. The summed E-state index contributed by atoms with van der Waals surface area (Å²) in [5, 5.41) is 2.96. The van der Waals surface area contributed by atoms with Gasteiger partial charge in [-0.1, -0.05) is 52.3 Å². The number of halogens is 1. The smallest absolute Gasteiger partial charge is 0.291 e. The van der Waals surface area contributed by atoms with Gasteiger partial charge in [-0.2, -0.15) is 0 Å². The van der Waals surface area contributed by atoms with Crippen LogP contribution in [0.15, 0.2) is 87.8 Å². The number of aromatic amines is 1. The number of H-pyrrole nitrogens is 1. The van der Waals surface area contributed by atoms with Gasteiger partial charge in [0.25, 0.3) is 5.91 Å². The number of anilines is 1. The summed E-state index contributed by atoms with van der Waals surface area (Å²) in [6.07, 6.45) is 0. The van der Waals surface area contributed by atoms with Crippen molar-refractivity contribution in [2.75, 3.05) is 5.32 Å². The minimum absolute atomic E-state index is 0.256. The van der Waals surface area contributed by atoms with E-state index in [2.05, 4.69) is 31.2 Å². The summed E-state index contributed by atoms with van der Waals surface area (Å²) in [5.74, 6) is 1.36. The molecule has 5 nitrogen and oxygen atoms in total. The molecule has 0 saturated heterocycles. The van der Waals surface area contributed by atoms with E-state index in [1.54, 1.807) is 12.1 Å². The molecule has 0 unspecified atom stereocenters. The molecule has 0 spiro atoms. The van der Waals surface area contributed by atoms with Gasteiger partial charge >= 0.3 is 0 Å². The average molecular weight is 472 g/mol. The second-order valence-electron chi connectivity index (χ2n) is 7.26. The fraction of sp³-hybridized carbons (Fsp3) is 0.0400. The SMILES string of the molecule is Cc1ccc(-c2nc3ccccc3[nH]2)cc1NC(=O)c1ccc(-c2ccc(Br)cc2)o1. The maximum Gasteiger partial charge on any atom is 0.291 e. The molecule has 5 aromatic rings. The van der Waals surface area contributed by atoms with Crippen LogP contribution in [0.2, 0.25) is 0 Å². The number of carbonyl (C=O) groups excluding carboxylic acids is 1. The van der Waals surface area contributed by atoms with Gasteiger partial charge in [0.05, 0.1) is 11.0 Å². The molecule has 0 bridgehead atoms. The first-order valence-corrected chi connectivity index (χ1v) is 10.6. The lowest BCUT2D eigenvalue weighted by Gasteiger charge is -2.09. The molecule has 2 N–H and O–H groups in total. The van der Waals surface area contributed by atoms with Crippen LogP contribution in [0.3, 0.4) is 0 Å². The van der Waals surface area contributed by atoms with Crippen LogP contribution in [-0.4, -0.2) is 15.9 Å². The molecule has 0 aliphatic carbocycles. The minimum Gasteiger partial charge on any atom is -0.451 e. The lowest BCUT2D eigenvalue weighted by Crippen LogP contribution is -2.12. The first-order chi connectivity index (χ1) is 15.1. The second kappa shape index (κ2) is 7.89. The van der Waals surface area contributed by atoms with Crippen LogP contribution in [0.1, 0.15) is 16.1 Å². The van der Waals surface area contributed by atoms with Gasteiger partial charge in [0.2, 0.25) is 0 Å². The standard InChI is InChI=1S/C25H18BrN3O2/c1-15-6-7-17(24-27-19-4-2-3-5-20(19)28-24)14-21(15)29-25(30)23-13-12-22(31-23)16-8-10-18(26)11-9-16/h2-14H,1H3,(H,27,28)(H,29,30). The number of carbonyl (C=O) groups is 1. The Kier molecular flexibility index (Phi) is 4.92. The van der Waals surface area contributed by atoms with E-state index in [4.69, 9.17) is 4.42 Å². The normalized spacial score (nSPS) is 11.0. The van der Waals surface area contributed by atoms with Gasteiger partial charge in [-0.05, 0) is 55.0 Å². The number of aryl methyl sites for hydroxylation is 1. The molecule has 0 fully saturated rings. The van der Waals surface area contributed by atoms with E-state index in [-0.39, 0.29) is 11.7 Å². The molecule has 0 aliphatic heterocycles. The zero-order valence-corrected chi connectivity index (χ0v) is 18.2. The number of amides is 1. The van der Waals surface area contributed by atoms with Crippen LogP contribution in [0.4, 0.5) is 5.69 Å². The Bertz CT molecular complexity index is 1370. The summed E-state index contributed by atoms with van der Waals surface area (Å²) < 4.78 is 6.78. The number of para-hydroxylation sites is 2. The van der Waals surface area contributed by atoms with Crippen molar-refractivity contribution in [2.24, 2.45) is 0 Å². The number of benzene rings is 3. The van der Waals surface area contributed by atoms with Crippen molar-refractivity contribution in [3.05, 3.63) is 94.7 Å². The Labute approximate surface area is 187 Å². The highest BCUT2D eigenvalue weighted by atomic mass is 79.9. The van der Waals surface area contributed by atoms with Crippen LogP contribution in [0.25, 0.3) is 33.7 Å². The number of hydrogen-bond donors (Lipinski definition) is 2. The van der Waals surface area contributed by atoms with Gasteiger partial charge in [0, 0.05) is 21.3 Å². The summed E-state index contributed by atoms with van der Waals surface area (Å²) in [5.41, 5.74) is 5.34. The Morgan fingerprint density at radius 3 is 2.55 bits per heavy atom. The number of nitrogens with zero attached hydrogens (tertiary/aromatic N) is 1. The first kappa shape index (κ1) is 19.3. The molecule has 0 aliphatic rings. The van der Waals surface area contributed by atoms with Gasteiger partial charge in [0.1, 0.15) is 11.6 Å². The highest BCUT2D eigenvalue weighted by molar-refractivity contribution is 9.10. The maximum atomic E-state index is 12.8. The van der Waals surface area contributed by atoms with Crippen molar-refractivity contribution in [2.45, 2.75) is 6.92 Å². The van der Waals surface area contributed by atoms with E-state index >= 15 is 0 Å². The highest BCUT2D eigenvalue weighted by Crippen LogP contribution is 2.27. The Morgan fingerprint density at radius 2 is 1.74 bits per heavy atom. The van der Waals surface area contributed by atoms with E-state index in [1.165, 1.54) is 0 Å². The molecule has 2 aromatic heterocycles. The van der Waals surface area contributed by atoms with Crippen LogP contribution in [0.5, 0.6) is 0 Å². The number of hydrogen-bond acceptors (Lipinski definition) is 3. The molecule has 31 heavy (non-hydrogen) atoms. The van der Waals surface area contributed by atoms with Gasteiger partial charge in [-0.25, -0.2) is 4.98 Å². The second-order valence-corrected chi connectivity index (χ2v) is 8.17. The zero-order chi connectivity index (χ0) is 21.4. The number of nitrogens with one attached hydrogen (secondary N) is 2. The molecule has 0 radical (unpaired) electrons. The molecular weight excluding hydrogens is 454 g/mol. The van der Waals surface area contributed by atoms with Gasteiger partial charge < -0.3 is 14.7 Å². The fourth-order valence-electron chi connectivity index (χ4n) is 3.41. The summed E-state index contributed by atoms with van der Waals surface area (Å²) in [4.78, 5) is 20.8. The van der Waals surface area contributed by atoms with Crippen LogP contribution < -0.4 is 5.32 Å².